The third kappa shape index (κ3) is 5.29. The van der Waals surface area contributed by atoms with Crippen LogP contribution >= 0.6 is 0 Å². The van der Waals surface area contributed by atoms with Gasteiger partial charge in [-0.15, -0.1) is 0 Å². The zero-order valence-electron chi connectivity index (χ0n) is 15.1. The van der Waals surface area contributed by atoms with Gasteiger partial charge in [-0.3, -0.25) is 0 Å². The highest BCUT2D eigenvalue weighted by molar-refractivity contribution is 5.61. The zero-order chi connectivity index (χ0) is 19.3. The Bertz CT molecular complexity index is 598. The molecule has 1 aliphatic rings. The molecule has 0 spiro atoms. The fraction of sp³-hybridized carbons (Fsp3) is 0.600. The maximum absolute atomic E-state index is 14.5. The summed E-state index contributed by atoms with van der Waals surface area (Å²) in [5.41, 5.74) is 0.416. The second-order valence-corrected chi connectivity index (χ2v) is 6.95. The second kappa shape index (κ2) is 8.98. The largest absolute Gasteiger partial charge is 0.414 e. The maximum Gasteiger partial charge on any atom is 0.414 e. The summed E-state index contributed by atoms with van der Waals surface area (Å²) in [6, 6.07) is 5.41. The van der Waals surface area contributed by atoms with Gasteiger partial charge in [0, 0.05) is 25.0 Å². The van der Waals surface area contributed by atoms with Crippen LogP contribution in [0.1, 0.15) is 50.2 Å². The second-order valence-electron chi connectivity index (χ2n) is 6.95. The number of methoxy groups -OCH3 is 1. The van der Waals surface area contributed by atoms with Gasteiger partial charge in [0.15, 0.2) is 11.9 Å². The summed E-state index contributed by atoms with van der Waals surface area (Å²) in [6.45, 7) is 2.10. The molecule has 0 bridgehead atoms. The number of benzene rings is 1. The van der Waals surface area contributed by atoms with Gasteiger partial charge in [0.25, 0.3) is 0 Å². The molecule has 6 heteroatoms. The molecule has 0 heterocycles. The third-order valence-electron chi connectivity index (χ3n) is 5.27. The van der Waals surface area contributed by atoms with Gasteiger partial charge in [0.1, 0.15) is 5.83 Å². The number of hydrogen-bond donors (Lipinski definition) is 0. The average molecular weight is 376 g/mol. The first-order valence-electron chi connectivity index (χ1n) is 9.00. The average Bonchev–Trinajstić information content (AvgIpc) is 2.64. The van der Waals surface area contributed by atoms with Gasteiger partial charge in [-0.05, 0) is 37.2 Å². The summed E-state index contributed by atoms with van der Waals surface area (Å²) in [5, 5.41) is 0. The summed E-state index contributed by atoms with van der Waals surface area (Å²) in [4.78, 5) is 0. The van der Waals surface area contributed by atoms with Crippen molar-refractivity contribution in [3.05, 3.63) is 41.2 Å². The lowest BCUT2D eigenvalue weighted by Crippen LogP contribution is -2.32. The van der Waals surface area contributed by atoms with Crippen LogP contribution in [-0.4, -0.2) is 19.4 Å². The molecule has 1 unspecified atom stereocenters. The Morgan fingerprint density at radius 2 is 1.65 bits per heavy atom. The number of halogens is 5. The van der Waals surface area contributed by atoms with E-state index in [0.29, 0.717) is 24.3 Å². The van der Waals surface area contributed by atoms with E-state index in [1.165, 1.54) is 24.3 Å². The van der Waals surface area contributed by atoms with Gasteiger partial charge in [-0.2, -0.15) is 13.2 Å². The molecule has 1 aromatic carbocycles. The van der Waals surface area contributed by atoms with E-state index in [-0.39, 0.29) is 12.0 Å². The van der Waals surface area contributed by atoms with E-state index in [1.807, 2.05) is 0 Å². The molecule has 0 saturated heterocycles. The van der Waals surface area contributed by atoms with Crippen molar-refractivity contribution in [3.8, 4) is 0 Å². The van der Waals surface area contributed by atoms with Crippen LogP contribution in [0.3, 0.4) is 0 Å². The highest BCUT2D eigenvalue weighted by Crippen LogP contribution is 2.38. The Labute approximate surface area is 151 Å². The molecule has 2 rings (SSSR count). The molecule has 1 saturated carbocycles. The zero-order valence-corrected chi connectivity index (χ0v) is 15.1. The van der Waals surface area contributed by atoms with Crippen LogP contribution in [0.25, 0.3) is 5.83 Å². The van der Waals surface area contributed by atoms with Crippen molar-refractivity contribution < 1.29 is 26.7 Å². The topological polar surface area (TPSA) is 9.23 Å². The lowest BCUT2D eigenvalue weighted by atomic mass is 9.80. The first kappa shape index (κ1) is 20.9. The first-order chi connectivity index (χ1) is 12.3. The number of rotatable bonds is 6. The molecular formula is C20H25F5O. The molecule has 26 heavy (non-hydrogen) atoms. The van der Waals surface area contributed by atoms with E-state index in [1.54, 1.807) is 0 Å². The minimum absolute atomic E-state index is 0.0600. The summed E-state index contributed by atoms with van der Waals surface area (Å²) in [7, 11) is 0.998. The normalized spacial score (nSPS) is 23.5. The lowest BCUT2D eigenvalue weighted by Gasteiger charge is -2.26. The van der Waals surface area contributed by atoms with E-state index in [4.69, 9.17) is 0 Å². The standard InChI is InChI=1S/C20H25F5O/c1-3-13-4-8-15(9-5-13)18(21)19(22)16-10-6-14(7-11-16)12-17(26-2)20(23,24)25/h6-7,10-11,13,15,17H,3-5,8-9,12H2,1-2H3/b19-18-. The van der Waals surface area contributed by atoms with Gasteiger partial charge in [-0.1, -0.05) is 37.6 Å². The van der Waals surface area contributed by atoms with E-state index < -0.39 is 29.9 Å². The molecule has 0 radical (unpaired) electrons. The molecule has 1 nitrogen and oxygen atoms in total. The van der Waals surface area contributed by atoms with Crippen LogP contribution < -0.4 is 0 Å². The Hall–Kier alpha value is -1.43. The van der Waals surface area contributed by atoms with Crippen LogP contribution in [0, 0.1) is 11.8 Å². The van der Waals surface area contributed by atoms with Crippen LogP contribution in [-0.2, 0) is 11.2 Å². The SMILES string of the molecule is CCC1CCC(/C(F)=C(/F)c2ccc(CC(OC)C(F)(F)F)cc2)CC1. The Morgan fingerprint density at radius 1 is 1.08 bits per heavy atom. The predicted octanol–water partition coefficient (Wildman–Crippen LogP) is 6.63. The van der Waals surface area contributed by atoms with Crippen molar-refractivity contribution in [2.75, 3.05) is 7.11 Å². The Morgan fingerprint density at radius 3 is 2.12 bits per heavy atom. The maximum atomic E-state index is 14.5. The fourth-order valence-electron chi connectivity index (χ4n) is 3.48. The van der Waals surface area contributed by atoms with Gasteiger partial charge in [-0.25, -0.2) is 8.78 Å². The van der Waals surface area contributed by atoms with Crippen molar-refractivity contribution in [1.82, 2.24) is 0 Å². The minimum Gasteiger partial charge on any atom is -0.372 e. The fourth-order valence-corrected chi connectivity index (χ4v) is 3.48. The predicted molar refractivity (Wildman–Crippen MR) is 91.9 cm³/mol. The van der Waals surface area contributed by atoms with Gasteiger partial charge < -0.3 is 4.74 Å². The molecule has 1 aliphatic carbocycles. The van der Waals surface area contributed by atoms with E-state index in [2.05, 4.69) is 11.7 Å². The molecule has 1 fully saturated rings. The van der Waals surface area contributed by atoms with Crippen LogP contribution in [0.2, 0.25) is 0 Å². The van der Waals surface area contributed by atoms with Crippen LogP contribution in [0.5, 0.6) is 0 Å². The van der Waals surface area contributed by atoms with Crippen LogP contribution in [0.4, 0.5) is 22.0 Å². The third-order valence-corrected chi connectivity index (χ3v) is 5.27. The van der Waals surface area contributed by atoms with Crippen molar-refractivity contribution in [2.45, 2.75) is 57.7 Å². The number of allylic oxidation sites excluding steroid dienone is 1. The Kier molecular flexibility index (Phi) is 7.21. The van der Waals surface area contributed by atoms with Gasteiger partial charge in [0.2, 0.25) is 0 Å². The minimum atomic E-state index is -4.47. The summed E-state index contributed by atoms with van der Waals surface area (Å²) >= 11 is 0. The van der Waals surface area contributed by atoms with E-state index in [9.17, 15) is 22.0 Å². The Balaban J connectivity index is 2.07. The molecule has 0 aromatic heterocycles. The number of hydrogen-bond acceptors (Lipinski definition) is 1. The van der Waals surface area contributed by atoms with Crippen LogP contribution in [0.15, 0.2) is 30.1 Å². The van der Waals surface area contributed by atoms with Crippen molar-refractivity contribution in [3.63, 3.8) is 0 Å². The van der Waals surface area contributed by atoms with Gasteiger partial charge >= 0.3 is 6.18 Å². The molecule has 0 aliphatic heterocycles. The van der Waals surface area contributed by atoms with Gasteiger partial charge in [0.05, 0.1) is 0 Å². The van der Waals surface area contributed by atoms with E-state index >= 15 is 0 Å². The molecule has 146 valence electrons. The van der Waals surface area contributed by atoms with Crippen molar-refractivity contribution in [2.24, 2.45) is 11.8 Å². The quantitative estimate of drug-likeness (QED) is 0.506. The monoisotopic (exact) mass is 376 g/mol. The number of alkyl halides is 3. The summed E-state index contributed by atoms with van der Waals surface area (Å²) in [6.07, 6.45) is -2.62. The number of ether oxygens (including phenoxy) is 1. The molecule has 1 aromatic rings. The highest BCUT2D eigenvalue weighted by atomic mass is 19.4. The molecule has 0 amide bonds. The molecule has 1 atom stereocenters. The lowest BCUT2D eigenvalue weighted by molar-refractivity contribution is -0.212. The van der Waals surface area contributed by atoms with E-state index in [0.717, 1.165) is 26.4 Å². The van der Waals surface area contributed by atoms with Crippen molar-refractivity contribution >= 4 is 5.83 Å². The summed E-state index contributed by atoms with van der Waals surface area (Å²) < 4.78 is 71.6. The highest BCUT2D eigenvalue weighted by Gasteiger charge is 2.39. The smallest absolute Gasteiger partial charge is 0.372 e. The first-order valence-corrected chi connectivity index (χ1v) is 9.00. The molecule has 0 N–H and O–H groups in total. The van der Waals surface area contributed by atoms with Crippen molar-refractivity contribution in [1.29, 1.82) is 0 Å². The summed E-state index contributed by atoms with van der Waals surface area (Å²) in [5.74, 6) is -1.46. The molecular weight excluding hydrogens is 351 g/mol.